The zero-order chi connectivity index (χ0) is 9.19. The van der Waals surface area contributed by atoms with E-state index in [1.54, 1.807) is 12.1 Å². The molecule has 0 aliphatic heterocycles. The van der Waals surface area contributed by atoms with Crippen LogP contribution in [0.25, 0.3) is 0 Å². The molecule has 0 saturated carbocycles. The van der Waals surface area contributed by atoms with Gasteiger partial charge in [-0.25, -0.2) is 13.6 Å². The van der Waals surface area contributed by atoms with Crippen molar-refractivity contribution < 1.29 is 8.42 Å². The molecular formula is C7H9N2O2S. The summed E-state index contributed by atoms with van der Waals surface area (Å²) in [6.45, 7) is 0.0589. The summed E-state index contributed by atoms with van der Waals surface area (Å²) in [5.41, 5.74) is 7.65. The van der Waals surface area contributed by atoms with E-state index >= 15 is 0 Å². The van der Waals surface area contributed by atoms with Gasteiger partial charge in [-0.15, -0.1) is 0 Å². The molecule has 65 valence electrons. The number of nitrogens with one attached hydrogen (secondary N) is 1. The van der Waals surface area contributed by atoms with Crippen LogP contribution in [-0.4, -0.2) is 8.42 Å². The molecule has 0 saturated heterocycles. The fourth-order valence-electron chi connectivity index (χ4n) is 0.832. The molecule has 12 heavy (non-hydrogen) atoms. The Bertz CT molecular complexity index is 373. The maximum atomic E-state index is 10.8. The standard InChI is InChI=1S/C7H9N2O2S/c8-5-6-2-1-3-7(4-6)12(9,10)11/h1-4,8H,5H2,(H2,9,10,11). The zero-order valence-electron chi connectivity index (χ0n) is 6.32. The molecule has 0 aromatic heterocycles. The van der Waals surface area contributed by atoms with Gasteiger partial charge in [-0.2, -0.15) is 0 Å². The van der Waals surface area contributed by atoms with Gasteiger partial charge < -0.3 is 0 Å². The lowest BCUT2D eigenvalue weighted by atomic mass is 10.2. The number of benzene rings is 1. The van der Waals surface area contributed by atoms with Gasteiger partial charge in [0.2, 0.25) is 10.0 Å². The van der Waals surface area contributed by atoms with Crippen molar-refractivity contribution in [3.63, 3.8) is 0 Å². The molecule has 0 fully saturated rings. The molecular weight excluding hydrogens is 176 g/mol. The molecule has 0 spiro atoms. The molecule has 4 nitrogen and oxygen atoms in total. The molecule has 0 aliphatic rings. The van der Waals surface area contributed by atoms with Crippen molar-refractivity contribution in [1.82, 2.24) is 5.73 Å². The second-order valence-corrected chi connectivity index (χ2v) is 3.93. The first-order chi connectivity index (χ1) is 5.54. The van der Waals surface area contributed by atoms with Gasteiger partial charge in [0.05, 0.1) is 4.90 Å². The van der Waals surface area contributed by atoms with Crippen LogP contribution < -0.4 is 10.9 Å². The van der Waals surface area contributed by atoms with Gasteiger partial charge in [0.1, 0.15) is 0 Å². The van der Waals surface area contributed by atoms with E-state index in [1.165, 1.54) is 12.1 Å². The van der Waals surface area contributed by atoms with Crippen molar-refractivity contribution in [3.8, 4) is 0 Å². The van der Waals surface area contributed by atoms with E-state index in [0.29, 0.717) is 5.56 Å². The molecule has 0 amide bonds. The maximum Gasteiger partial charge on any atom is 0.238 e. The van der Waals surface area contributed by atoms with Crippen molar-refractivity contribution in [2.75, 3.05) is 0 Å². The summed E-state index contributed by atoms with van der Waals surface area (Å²) in [6, 6.07) is 6.07. The fraction of sp³-hybridized carbons (Fsp3) is 0.143. The second kappa shape index (κ2) is 3.22. The normalized spacial score (nSPS) is 11.5. The van der Waals surface area contributed by atoms with Crippen LogP contribution in [0.1, 0.15) is 5.56 Å². The topological polar surface area (TPSA) is 84.0 Å². The van der Waals surface area contributed by atoms with Crippen molar-refractivity contribution in [2.24, 2.45) is 5.14 Å². The third kappa shape index (κ3) is 2.04. The number of hydrogen-bond acceptors (Lipinski definition) is 2. The summed E-state index contributed by atoms with van der Waals surface area (Å²) < 4.78 is 21.6. The van der Waals surface area contributed by atoms with E-state index < -0.39 is 10.0 Å². The van der Waals surface area contributed by atoms with Crippen molar-refractivity contribution in [3.05, 3.63) is 29.8 Å². The highest BCUT2D eigenvalue weighted by Crippen LogP contribution is 2.08. The third-order valence-electron chi connectivity index (χ3n) is 1.43. The maximum absolute atomic E-state index is 10.8. The van der Waals surface area contributed by atoms with Crippen molar-refractivity contribution in [2.45, 2.75) is 11.4 Å². The molecule has 0 unspecified atom stereocenters. The smallest absolute Gasteiger partial charge is 0.238 e. The third-order valence-corrected chi connectivity index (χ3v) is 2.34. The first kappa shape index (κ1) is 9.18. The minimum absolute atomic E-state index is 0.0589. The molecule has 0 atom stereocenters. The number of hydrogen-bond donors (Lipinski definition) is 1. The van der Waals surface area contributed by atoms with Crippen molar-refractivity contribution >= 4 is 10.0 Å². The van der Waals surface area contributed by atoms with Crippen LogP contribution in [-0.2, 0) is 16.6 Å². The Morgan fingerprint density at radius 2 is 2.08 bits per heavy atom. The van der Waals surface area contributed by atoms with Crippen LogP contribution in [0.4, 0.5) is 0 Å². The highest BCUT2D eigenvalue weighted by atomic mass is 32.2. The molecule has 0 heterocycles. The minimum atomic E-state index is -3.62. The van der Waals surface area contributed by atoms with E-state index in [2.05, 4.69) is 0 Å². The van der Waals surface area contributed by atoms with Crippen LogP contribution in [0.15, 0.2) is 29.2 Å². The summed E-state index contributed by atoms with van der Waals surface area (Å²) in [4.78, 5) is 0.0623. The van der Waals surface area contributed by atoms with Crippen LogP contribution in [0.5, 0.6) is 0 Å². The van der Waals surface area contributed by atoms with Crippen LogP contribution >= 0.6 is 0 Å². The largest absolute Gasteiger partial charge is 0.253 e. The van der Waals surface area contributed by atoms with E-state index in [0.717, 1.165) is 0 Å². The molecule has 3 N–H and O–H groups in total. The lowest BCUT2D eigenvalue weighted by Gasteiger charge is -1.99. The number of rotatable bonds is 2. The van der Waals surface area contributed by atoms with Gasteiger partial charge >= 0.3 is 0 Å². The van der Waals surface area contributed by atoms with Gasteiger partial charge in [0, 0.05) is 6.54 Å². The van der Waals surface area contributed by atoms with E-state index in [4.69, 9.17) is 10.9 Å². The molecule has 1 radical (unpaired) electrons. The van der Waals surface area contributed by atoms with Crippen molar-refractivity contribution in [1.29, 1.82) is 0 Å². The van der Waals surface area contributed by atoms with E-state index in [9.17, 15) is 8.42 Å². The lowest BCUT2D eigenvalue weighted by molar-refractivity contribution is 0.597. The summed E-state index contributed by atoms with van der Waals surface area (Å²) in [5.74, 6) is 0. The Morgan fingerprint density at radius 3 is 2.58 bits per heavy atom. The summed E-state index contributed by atoms with van der Waals surface area (Å²) in [6.07, 6.45) is 0. The fourth-order valence-corrected chi connectivity index (χ4v) is 1.42. The van der Waals surface area contributed by atoms with Gasteiger partial charge in [-0.1, -0.05) is 12.1 Å². The van der Waals surface area contributed by atoms with Gasteiger partial charge in [0.25, 0.3) is 0 Å². The monoisotopic (exact) mass is 185 g/mol. The first-order valence-electron chi connectivity index (χ1n) is 3.30. The van der Waals surface area contributed by atoms with Crippen LogP contribution in [0.3, 0.4) is 0 Å². The molecule has 0 bridgehead atoms. The summed E-state index contributed by atoms with van der Waals surface area (Å²) >= 11 is 0. The van der Waals surface area contributed by atoms with Crippen LogP contribution in [0.2, 0.25) is 0 Å². The Morgan fingerprint density at radius 1 is 1.42 bits per heavy atom. The molecule has 1 aromatic carbocycles. The molecule has 1 rings (SSSR count). The highest BCUT2D eigenvalue weighted by Gasteiger charge is 2.06. The zero-order valence-corrected chi connectivity index (χ0v) is 7.14. The lowest BCUT2D eigenvalue weighted by Crippen LogP contribution is -2.12. The number of sulfonamides is 1. The van der Waals surface area contributed by atoms with Gasteiger partial charge in [-0.3, -0.25) is 5.73 Å². The Labute approximate surface area is 71.2 Å². The quantitative estimate of drug-likeness (QED) is 0.709. The minimum Gasteiger partial charge on any atom is -0.253 e. The van der Waals surface area contributed by atoms with Gasteiger partial charge in [-0.05, 0) is 17.7 Å². The Hall–Kier alpha value is -0.910. The predicted molar refractivity (Wildman–Crippen MR) is 44.6 cm³/mol. The number of primary sulfonamides is 1. The second-order valence-electron chi connectivity index (χ2n) is 2.37. The highest BCUT2D eigenvalue weighted by molar-refractivity contribution is 7.89. The van der Waals surface area contributed by atoms with E-state index in [1.807, 2.05) is 0 Å². The average molecular weight is 185 g/mol. The predicted octanol–water partition coefficient (Wildman–Crippen LogP) is 0.117. The summed E-state index contributed by atoms with van der Waals surface area (Å²) in [5, 5.41) is 4.89. The van der Waals surface area contributed by atoms with E-state index in [-0.39, 0.29) is 11.4 Å². The molecule has 0 aliphatic carbocycles. The summed E-state index contributed by atoms with van der Waals surface area (Å²) in [7, 11) is -3.62. The SMILES string of the molecule is [NH]Cc1cccc(S(N)(=O)=O)c1. The molecule has 5 heteroatoms. The van der Waals surface area contributed by atoms with Crippen LogP contribution in [0, 0.1) is 0 Å². The average Bonchev–Trinajstić information content (AvgIpc) is 2.03. The van der Waals surface area contributed by atoms with Gasteiger partial charge in [0.15, 0.2) is 0 Å². The first-order valence-corrected chi connectivity index (χ1v) is 4.85. The Balaban J connectivity index is 3.20. The number of nitrogens with two attached hydrogens (primary N) is 1. The molecule has 1 aromatic rings. The Kier molecular flexibility index (Phi) is 2.46.